The van der Waals surface area contributed by atoms with E-state index in [2.05, 4.69) is 5.32 Å². The minimum absolute atomic E-state index is 0.0415. The lowest BCUT2D eigenvalue weighted by Crippen LogP contribution is -2.33. The van der Waals surface area contributed by atoms with Crippen LogP contribution in [0.25, 0.3) is 0 Å². The second kappa shape index (κ2) is 8.96. The van der Waals surface area contributed by atoms with Crippen molar-refractivity contribution in [3.8, 4) is 0 Å². The highest BCUT2D eigenvalue weighted by molar-refractivity contribution is 7.92. The van der Waals surface area contributed by atoms with E-state index in [9.17, 15) is 13.2 Å². The van der Waals surface area contributed by atoms with E-state index in [0.717, 1.165) is 18.6 Å². The molecule has 6 nitrogen and oxygen atoms in total. The molecule has 1 heterocycles. The summed E-state index contributed by atoms with van der Waals surface area (Å²) in [5, 5.41) is 2.92. The number of sulfonamides is 1. The van der Waals surface area contributed by atoms with Gasteiger partial charge in [0.15, 0.2) is 0 Å². The molecule has 1 atom stereocenters. The van der Waals surface area contributed by atoms with Crippen LogP contribution in [0.5, 0.6) is 0 Å². The third-order valence-corrected chi connectivity index (χ3v) is 6.48. The van der Waals surface area contributed by atoms with Gasteiger partial charge in [0, 0.05) is 25.1 Å². The zero-order valence-electron chi connectivity index (χ0n) is 16.4. The number of furan rings is 1. The van der Waals surface area contributed by atoms with Crippen molar-refractivity contribution in [3.63, 3.8) is 0 Å². The Morgan fingerprint density at radius 3 is 2.34 bits per heavy atom. The molecule has 0 aliphatic heterocycles. The SMILES string of the molecule is C[C@H](CCc1ccco1)NC(=O)c1ccc(S(=O)(=O)N(C)c2ccccc2)cc1. The van der Waals surface area contributed by atoms with Gasteiger partial charge in [0.2, 0.25) is 0 Å². The van der Waals surface area contributed by atoms with Gasteiger partial charge in [-0.15, -0.1) is 0 Å². The molecule has 1 amide bonds. The second-order valence-corrected chi connectivity index (χ2v) is 8.79. The standard InChI is InChI=1S/C22H24N2O4S/c1-17(10-13-20-9-6-16-28-20)23-22(25)18-11-14-21(15-12-18)29(26,27)24(2)19-7-4-3-5-8-19/h3-9,11-12,14-17H,10,13H2,1-2H3,(H,23,25)/t17-/m1/s1. The summed E-state index contributed by atoms with van der Waals surface area (Å²) in [7, 11) is -2.19. The molecule has 0 spiro atoms. The number of benzene rings is 2. The van der Waals surface area contributed by atoms with Gasteiger partial charge in [-0.05, 0) is 61.9 Å². The molecule has 0 unspecified atom stereocenters. The molecule has 7 heteroatoms. The summed E-state index contributed by atoms with van der Waals surface area (Å²) < 4.78 is 32.1. The lowest BCUT2D eigenvalue weighted by molar-refractivity contribution is 0.0938. The number of amides is 1. The molecule has 29 heavy (non-hydrogen) atoms. The molecule has 3 aromatic rings. The maximum absolute atomic E-state index is 12.8. The predicted molar refractivity (Wildman–Crippen MR) is 112 cm³/mol. The Morgan fingerprint density at radius 1 is 1.03 bits per heavy atom. The van der Waals surface area contributed by atoms with E-state index < -0.39 is 10.0 Å². The number of anilines is 1. The van der Waals surface area contributed by atoms with Crippen LogP contribution in [0.4, 0.5) is 5.69 Å². The molecule has 1 N–H and O–H groups in total. The van der Waals surface area contributed by atoms with Crippen molar-refractivity contribution in [1.82, 2.24) is 5.32 Å². The van der Waals surface area contributed by atoms with Crippen molar-refractivity contribution in [2.75, 3.05) is 11.4 Å². The van der Waals surface area contributed by atoms with Crippen LogP contribution >= 0.6 is 0 Å². The number of nitrogens with one attached hydrogen (secondary N) is 1. The highest BCUT2D eigenvalue weighted by Crippen LogP contribution is 2.22. The molecular formula is C22H24N2O4S. The van der Waals surface area contributed by atoms with Gasteiger partial charge in [0.05, 0.1) is 16.8 Å². The van der Waals surface area contributed by atoms with Gasteiger partial charge in [-0.1, -0.05) is 18.2 Å². The van der Waals surface area contributed by atoms with Gasteiger partial charge in [0.25, 0.3) is 15.9 Å². The average Bonchev–Trinajstić information content (AvgIpc) is 3.26. The summed E-state index contributed by atoms with van der Waals surface area (Å²) in [6.45, 7) is 1.93. The van der Waals surface area contributed by atoms with Gasteiger partial charge >= 0.3 is 0 Å². The fourth-order valence-electron chi connectivity index (χ4n) is 2.91. The van der Waals surface area contributed by atoms with Gasteiger partial charge in [0.1, 0.15) is 5.76 Å². The zero-order valence-corrected chi connectivity index (χ0v) is 17.2. The maximum Gasteiger partial charge on any atom is 0.264 e. The fourth-order valence-corrected chi connectivity index (χ4v) is 4.10. The molecule has 0 saturated heterocycles. The van der Waals surface area contributed by atoms with E-state index in [4.69, 9.17) is 4.42 Å². The number of hydrogen-bond donors (Lipinski definition) is 1. The number of nitrogens with zero attached hydrogens (tertiary/aromatic N) is 1. The van der Waals surface area contributed by atoms with Crippen LogP contribution in [0.15, 0.2) is 82.3 Å². The van der Waals surface area contributed by atoms with E-state index in [1.165, 1.54) is 35.6 Å². The Balaban J connectivity index is 1.63. The van der Waals surface area contributed by atoms with Gasteiger partial charge in [-0.3, -0.25) is 9.10 Å². The Hall–Kier alpha value is -3.06. The topological polar surface area (TPSA) is 79.6 Å². The zero-order chi connectivity index (χ0) is 20.9. The summed E-state index contributed by atoms with van der Waals surface area (Å²) >= 11 is 0. The smallest absolute Gasteiger partial charge is 0.264 e. The molecule has 1 aromatic heterocycles. The lowest BCUT2D eigenvalue weighted by Gasteiger charge is -2.19. The molecule has 0 fully saturated rings. The summed E-state index contributed by atoms with van der Waals surface area (Å²) in [6, 6.07) is 18.5. The third-order valence-electron chi connectivity index (χ3n) is 4.68. The summed E-state index contributed by atoms with van der Waals surface area (Å²) in [6.07, 6.45) is 3.11. The molecule has 0 saturated carbocycles. The highest BCUT2D eigenvalue weighted by Gasteiger charge is 2.21. The van der Waals surface area contributed by atoms with Crippen molar-refractivity contribution >= 4 is 21.6 Å². The first kappa shape index (κ1) is 20.7. The first-order chi connectivity index (χ1) is 13.9. The number of carbonyl (C=O) groups is 1. The van der Waals surface area contributed by atoms with E-state index in [1.807, 2.05) is 25.1 Å². The molecule has 152 valence electrons. The largest absolute Gasteiger partial charge is 0.469 e. The van der Waals surface area contributed by atoms with E-state index in [-0.39, 0.29) is 16.8 Å². The molecule has 3 rings (SSSR count). The van der Waals surface area contributed by atoms with E-state index in [0.29, 0.717) is 11.3 Å². The van der Waals surface area contributed by atoms with Gasteiger partial charge in [-0.2, -0.15) is 0 Å². The van der Waals surface area contributed by atoms with Crippen LogP contribution in [0.2, 0.25) is 0 Å². The summed E-state index contributed by atoms with van der Waals surface area (Å²) in [5.41, 5.74) is 0.982. The maximum atomic E-state index is 12.8. The van der Waals surface area contributed by atoms with Crippen molar-refractivity contribution in [2.24, 2.45) is 0 Å². The Labute approximate surface area is 171 Å². The molecule has 0 aliphatic carbocycles. The number of hydrogen-bond acceptors (Lipinski definition) is 4. The number of aryl methyl sites for hydroxylation is 1. The molecule has 2 aromatic carbocycles. The van der Waals surface area contributed by atoms with Crippen molar-refractivity contribution in [2.45, 2.75) is 30.7 Å². The minimum Gasteiger partial charge on any atom is -0.469 e. The minimum atomic E-state index is -3.70. The van der Waals surface area contributed by atoms with Crippen LogP contribution in [0, 0.1) is 0 Å². The third kappa shape index (κ3) is 5.06. The Morgan fingerprint density at radius 2 is 1.72 bits per heavy atom. The molecular weight excluding hydrogens is 388 g/mol. The van der Waals surface area contributed by atoms with Crippen molar-refractivity contribution < 1.29 is 17.6 Å². The fraction of sp³-hybridized carbons (Fsp3) is 0.227. The highest BCUT2D eigenvalue weighted by atomic mass is 32.2. The predicted octanol–water partition coefficient (Wildman–Crippen LogP) is 3.86. The number of para-hydroxylation sites is 1. The summed E-state index contributed by atoms with van der Waals surface area (Å²) in [4.78, 5) is 12.6. The quantitative estimate of drug-likeness (QED) is 0.609. The van der Waals surface area contributed by atoms with E-state index >= 15 is 0 Å². The van der Waals surface area contributed by atoms with Crippen molar-refractivity contribution in [1.29, 1.82) is 0 Å². The number of rotatable bonds is 8. The van der Waals surface area contributed by atoms with Crippen LogP contribution < -0.4 is 9.62 Å². The van der Waals surface area contributed by atoms with E-state index in [1.54, 1.807) is 30.5 Å². The van der Waals surface area contributed by atoms with Gasteiger partial charge < -0.3 is 9.73 Å². The normalized spacial score (nSPS) is 12.3. The first-order valence-corrected chi connectivity index (χ1v) is 10.8. The lowest BCUT2D eigenvalue weighted by atomic mass is 10.1. The van der Waals surface area contributed by atoms with Crippen LogP contribution in [-0.2, 0) is 16.4 Å². The molecule has 0 radical (unpaired) electrons. The van der Waals surface area contributed by atoms with Gasteiger partial charge in [-0.25, -0.2) is 8.42 Å². The number of carbonyl (C=O) groups excluding carboxylic acids is 1. The average molecular weight is 413 g/mol. The first-order valence-electron chi connectivity index (χ1n) is 9.35. The second-order valence-electron chi connectivity index (χ2n) is 6.83. The van der Waals surface area contributed by atoms with Crippen LogP contribution in [0.3, 0.4) is 0 Å². The monoisotopic (exact) mass is 412 g/mol. The van der Waals surface area contributed by atoms with Crippen molar-refractivity contribution in [3.05, 3.63) is 84.3 Å². The Bertz CT molecular complexity index is 1030. The molecule has 0 bridgehead atoms. The summed E-state index contributed by atoms with van der Waals surface area (Å²) in [5.74, 6) is 0.639. The van der Waals surface area contributed by atoms with Crippen LogP contribution in [-0.4, -0.2) is 27.4 Å². The molecule has 0 aliphatic rings. The van der Waals surface area contributed by atoms with Crippen LogP contribution in [0.1, 0.15) is 29.5 Å². The Kier molecular flexibility index (Phi) is 6.39.